The van der Waals surface area contributed by atoms with Gasteiger partial charge in [-0.15, -0.1) is 0 Å². The lowest BCUT2D eigenvalue weighted by atomic mass is 9.77. The van der Waals surface area contributed by atoms with E-state index in [1.54, 1.807) is 12.1 Å². The molecule has 1 heterocycles. The highest BCUT2D eigenvalue weighted by Crippen LogP contribution is 2.38. The molecular formula is C24H30BN3O4. The van der Waals surface area contributed by atoms with Gasteiger partial charge in [0.1, 0.15) is 12.4 Å². The third kappa shape index (κ3) is 5.78. The van der Waals surface area contributed by atoms with Crippen LogP contribution in [0.1, 0.15) is 44.4 Å². The van der Waals surface area contributed by atoms with Crippen molar-refractivity contribution in [1.82, 2.24) is 5.32 Å². The fraction of sp³-hybridized carbons (Fsp3) is 0.333. The third-order valence-corrected chi connectivity index (χ3v) is 5.78. The van der Waals surface area contributed by atoms with Crippen LogP contribution in [0.3, 0.4) is 0 Å². The normalized spacial score (nSPS) is 17.1. The molecule has 32 heavy (non-hydrogen) atoms. The summed E-state index contributed by atoms with van der Waals surface area (Å²) < 4.78 is 17.7. The SMILES string of the molecule is CC1(C)OB(C(=Cc2ccc(C(=N)N)cc2)CNC(=O)OCc2ccccc2)OC1(C)C. The molecule has 7 nitrogen and oxygen atoms in total. The summed E-state index contributed by atoms with van der Waals surface area (Å²) in [7, 11) is -0.623. The summed E-state index contributed by atoms with van der Waals surface area (Å²) in [6, 6.07) is 16.8. The van der Waals surface area contributed by atoms with Gasteiger partial charge in [-0.3, -0.25) is 5.41 Å². The van der Waals surface area contributed by atoms with Crippen molar-refractivity contribution in [3.8, 4) is 0 Å². The number of benzene rings is 2. The average Bonchev–Trinajstić information content (AvgIpc) is 2.97. The number of amides is 1. The molecule has 1 amide bonds. The molecule has 168 valence electrons. The fourth-order valence-electron chi connectivity index (χ4n) is 3.12. The average molecular weight is 435 g/mol. The highest BCUT2D eigenvalue weighted by molar-refractivity contribution is 6.56. The van der Waals surface area contributed by atoms with Crippen molar-refractivity contribution in [2.45, 2.75) is 45.5 Å². The van der Waals surface area contributed by atoms with Crippen LogP contribution in [0.15, 0.2) is 60.1 Å². The first-order chi connectivity index (χ1) is 15.1. The summed E-state index contributed by atoms with van der Waals surface area (Å²) in [6.45, 7) is 8.30. The first-order valence-electron chi connectivity index (χ1n) is 10.5. The maximum atomic E-state index is 12.3. The van der Waals surface area contributed by atoms with E-state index < -0.39 is 24.4 Å². The van der Waals surface area contributed by atoms with Gasteiger partial charge in [0, 0.05) is 12.1 Å². The molecule has 1 aliphatic heterocycles. The first kappa shape index (κ1) is 23.6. The van der Waals surface area contributed by atoms with E-state index in [9.17, 15) is 4.79 Å². The van der Waals surface area contributed by atoms with Gasteiger partial charge in [0.05, 0.1) is 11.2 Å². The van der Waals surface area contributed by atoms with E-state index in [2.05, 4.69) is 5.32 Å². The molecule has 0 saturated carbocycles. The lowest BCUT2D eigenvalue weighted by molar-refractivity contribution is 0.00578. The molecule has 1 fully saturated rings. The fourth-order valence-corrected chi connectivity index (χ4v) is 3.12. The summed E-state index contributed by atoms with van der Waals surface area (Å²) in [5, 5.41) is 10.3. The highest BCUT2D eigenvalue weighted by atomic mass is 16.7. The van der Waals surface area contributed by atoms with Gasteiger partial charge in [0.15, 0.2) is 0 Å². The lowest BCUT2D eigenvalue weighted by Crippen LogP contribution is -2.41. The quantitative estimate of drug-likeness (QED) is 0.347. The number of hydrogen-bond donors (Lipinski definition) is 3. The summed E-state index contributed by atoms with van der Waals surface area (Å²) in [6.07, 6.45) is 1.38. The number of amidine groups is 1. The van der Waals surface area contributed by atoms with Gasteiger partial charge in [0.25, 0.3) is 0 Å². The first-order valence-corrected chi connectivity index (χ1v) is 10.5. The van der Waals surface area contributed by atoms with E-state index in [1.165, 1.54) is 0 Å². The van der Waals surface area contributed by atoms with Gasteiger partial charge in [-0.1, -0.05) is 60.7 Å². The van der Waals surface area contributed by atoms with Gasteiger partial charge >= 0.3 is 13.2 Å². The van der Waals surface area contributed by atoms with Gasteiger partial charge < -0.3 is 25.1 Å². The minimum Gasteiger partial charge on any atom is -0.445 e. The van der Waals surface area contributed by atoms with E-state index in [1.807, 2.05) is 76.2 Å². The molecule has 8 heteroatoms. The van der Waals surface area contributed by atoms with Gasteiger partial charge in [0.2, 0.25) is 0 Å². The molecule has 1 aliphatic rings. The van der Waals surface area contributed by atoms with Crippen molar-refractivity contribution in [2.75, 3.05) is 6.54 Å². The Balaban J connectivity index is 1.73. The van der Waals surface area contributed by atoms with Crippen molar-refractivity contribution in [3.05, 3.63) is 76.8 Å². The predicted octanol–water partition coefficient (Wildman–Crippen LogP) is 3.91. The summed E-state index contributed by atoms with van der Waals surface area (Å²) in [4.78, 5) is 12.3. The van der Waals surface area contributed by atoms with Crippen molar-refractivity contribution in [3.63, 3.8) is 0 Å². The van der Waals surface area contributed by atoms with Crippen molar-refractivity contribution in [1.29, 1.82) is 5.41 Å². The lowest BCUT2D eigenvalue weighted by Gasteiger charge is -2.32. The molecule has 1 saturated heterocycles. The van der Waals surface area contributed by atoms with Crippen LogP contribution in [0.25, 0.3) is 6.08 Å². The Morgan fingerprint density at radius 2 is 1.66 bits per heavy atom. The third-order valence-electron chi connectivity index (χ3n) is 5.78. The zero-order chi connectivity index (χ0) is 23.4. The van der Waals surface area contributed by atoms with Crippen LogP contribution < -0.4 is 11.1 Å². The van der Waals surface area contributed by atoms with E-state index in [-0.39, 0.29) is 19.0 Å². The van der Waals surface area contributed by atoms with Gasteiger partial charge in [-0.25, -0.2) is 4.79 Å². The highest BCUT2D eigenvalue weighted by Gasteiger charge is 2.52. The Hall–Kier alpha value is -3.10. The molecule has 0 bridgehead atoms. The minimum absolute atomic E-state index is 0.00883. The molecule has 0 atom stereocenters. The Labute approximate surface area is 189 Å². The Bertz CT molecular complexity index is 972. The second kappa shape index (κ2) is 9.59. The van der Waals surface area contributed by atoms with Crippen LogP contribution in [0.4, 0.5) is 4.79 Å². The largest absolute Gasteiger partial charge is 0.492 e. The van der Waals surface area contributed by atoms with Crippen molar-refractivity contribution >= 4 is 25.1 Å². The molecule has 4 N–H and O–H groups in total. The second-order valence-electron chi connectivity index (χ2n) is 8.76. The van der Waals surface area contributed by atoms with E-state index in [4.69, 9.17) is 25.2 Å². The summed E-state index contributed by atoms with van der Waals surface area (Å²) >= 11 is 0. The number of ether oxygens (including phenoxy) is 1. The van der Waals surface area contributed by atoms with Crippen LogP contribution in [0, 0.1) is 5.41 Å². The Morgan fingerprint density at radius 1 is 1.06 bits per heavy atom. The monoisotopic (exact) mass is 435 g/mol. The maximum Gasteiger partial charge on any atom is 0.492 e. The molecule has 0 spiro atoms. The molecule has 2 aromatic rings. The number of carbonyl (C=O) groups is 1. The number of alkyl carbamates (subject to hydrolysis) is 1. The number of nitrogen functional groups attached to an aromatic ring is 1. The van der Waals surface area contributed by atoms with Crippen LogP contribution >= 0.6 is 0 Å². The number of hydrogen-bond acceptors (Lipinski definition) is 5. The minimum atomic E-state index is -0.623. The number of rotatable bonds is 7. The zero-order valence-corrected chi connectivity index (χ0v) is 19.0. The van der Waals surface area contributed by atoms with Gasteiger partial charge in [-0.2, -0.15) is 0 Å². The molecule has 0 aromatic heterocycles. The molecular weight excluding hydrogens is 405 g/mol. The van der Waals surface area contributed by atoms with Crippen LogP contribution in [0.2, 0.25) is 0 Å². The number of nitrogens with two attached hydrogens (primary N) is 1. The van der Waals surface area contributed by atoms with Crippen LogP contribution in [-0.4, -0.2) is 36.8 Å². The molecule has 0 unspecified atom stereocenters. The summed E-state index contributed by atoms with van der Waals surface area (Å²) in [5.74, 6) is 0.00883. The molecule has 3 rings (SSSR count). The van der Waals surface area contributed by atoms with E-state index in [0.717, 1.165) is 16.6 Å². The number of nitrogens with one attached hydrogen (secondary N) is 2. The summed E-state index contributed by atoms with van der Waals surface area (Å²) in [5.41, 5.74) is 7.69. The number of carbonyl (C=O) groups excluding carboxylic acids is 1. The Morgan fingerprint density at radius 3 is 2.22 bits per heavy atom. The van der Waals surface area contributed by atoms with Crippen molar-refractivity contribution < 1.29 is 18.8 Å². The van der Waals surface area contributed by atoms with E-state index >= 15 is 0 Å². The van der Waals surface area contributed by atoms with Gasteiger partial charge in [-0.05, 0) is 44.3 Å². The van der Waals surface area contributed by atoms with Crippen LogP contribution in [-0.2, 0) is 20.7 Å². The van der Waals surface area contributed by atoms with Crippen LogP contribution in [0.5, 0.6) is 0 Å². The molecule has 0 radical (unpaired) electrons. The maximum absolute atomic E-state index is 12.3. The topological polar surface area (TPSA) is 107 Å². The predicted molar refractivity (Wildman–Crippen MR) is 126 cm³/mol. The Kier molecular flexibility index (Phi) is 7.06. The molecule has 0 aliphatic carbocycles. The molecule has 2 aromatic carbocycles. The second-order valence-corrected chi connectivity index (χ2v) is 8.76. The smallest absolute Gasteiger partial charge is 0.445 e. The van der Waals surface area contributed by atoms with E-state index in [0.29, 0.717) is 5.56 Å². The standard InChI is InChI=1S/C24H30BN3O4/c1-23(2)24(3,4)32-25(31-23)20(14-17-10-12-19(13-11-17)21(26)27)15-28-22(29)30-16-18-8-6-5-7-9-18/h5-14H,15-16H2,1-4H3,(H3,26,27)(H,28,29). The van der Waals surface area contributed by atoms with Crippen molar-refractivity contribution in [2.24, 2.45) is 5.73 Å². The zero-order valence-electron chi connectivity index (χ0n) is 19.0.